The molecule has 0 saturated carbocycles. The van der Waals surface area contributed by atoms with Crippen LogP contribution in [0.1, 0.15) is 6.92 Å². The third-order valence-corrected chi connectivity index (χ3v) is 2.97. The molecule has 1 aromatic rings. The van der Waals surface area contributed by atoms with Gasteiger partial charge in [0.25, 0.3) is 0 Å². The molecule has 0 spiro atoms. The zero-order valence-corrected chi connectivity index (χ0v) is 10.0. The number of carbonyl (C=O) groups is 1. The maximum atomic E-state index is 13.4. The molecular weight excluding hydrogens is 240 g/mol. The summed E-state index contributed by atoms with van der Waals surface area (Å²) in [7, 11) is 0. The van der Waals surface area contributed by atoms with E-state index in [0.29, 0.717) is 6.54 Å². The Morgan fingerprint density at radius 1 is 1.50 bits per heavy atom. The zero-order valence-electron chi connectivity index (χ0n) is 10.0. The van der Waals surface area contributed by atoms with Gasteiger partial charge in [0.2, 0.25) is 0 Å². The van der Waals surface area contributed by atoms with Crippen LogP contribution in [0, 0.1) is 11.6 Å². The van der Waals surface area contributed by atoms with Gasteiger partial charge in [0, 0.05) is 25.7 Å². The largest absolute Gasteiger partial charge is 0.322 e. The predicted molar refractivity (Wildman–Crippen MR) is 64.4 cm³/mol. The van der Waals surface area contributed by atoms with E-state index < -0.39 is 11.6 Å². The van der Waals surface area contributed by atoms with E-state index in [1.807, 2.05) is 6.92 Å². The molecule has 18 heavy (non-hydrogen) atoms. The number of hydrogen-bond acceptors (Lipinski definition) is 2. The summed E-state index contributed by atoms with van der Waals surface area (Å²) in [6, 6.07) is 2.85. The third-order valence-electron chi connectivity index (χ3n) is 2.97. The van der Waals surface area contributed by atoms with Gasteiger partial charge >= 0.3 is 6.03 Å². The van der Waals surface area contributed by atoms with Gasteiger partial charge in [0.15, 0.2) is 0 Å². The number of nitrogens with zero attached hydrogens (tertiary/aromatic N) is 1. The van der Waals surface area contributed by atoms with Crippen molar-refractivity contribution in [1.29, 1.82) is 0 Å². The van der Waals surface area contributed by atoms with E-state index in [0.717, 1.165) is 25.2 Å². The molecule has 1 heterocycles. The Balaban J connectivity index is 2.05. The Morgan fingerprint density at radius 3 is 2.72 bits per heavy atom. The Hall–Kier alpha value is -1.69. The normalized spacial score (nSPS) is 15.1. The number of urea groups is 1. The van der Waals surface area contributed by atoms with Gasteiger partial charge in [0.1, 0.15) is 11.6 Å². The van der Waals surface area contributed by atoms with E-state index in [4.69, 9.17) is 0 Å². The van der Waals surface area contributed by atoms with Crippen LogP contribution in [0.15, 0.2) is 18.2 Å². The Morgan fingerprint density at radius 2 is 2.22 bits per heavy atom. The van der Waals surface area contributed by atoms with E-state index in [1.54, 1.807) is 4.90 Å². The van der Waals surface area contributed by atoms with E-state index >= 15 is 0 Å². The first-order valence-electron chi connectivity index (χ1n) is 5.85. The van der Waals surface area contributed by atoms with E-state index in [2.05, 4.69) is 10.6 Å². The molecule has 1 saturated heterocycles. The molecule has 1 aromatic carbocycles. The highest BCUT2D eigenvalue weighted by atomic mass is 19.1. The van der Waals surface area contributed by atoms with Crippen LogP contribution in [0.4, 0.5) is 19.3 Å². The maximum Gasteiger partial charge on any atom is 0.322 e. The molecule has 0 bridgehead atoms. The average molecular weight is 255 g/mol. The number of halogens is 2. The molecule has 0 atom stereocenters. The molecule has 1 fully saturated rings. The number of rotatable bonds is 3. The molecule has 2 rings (SSSR count). The summed E-state index contributed by atoms with van der Waals surface area (Å²) < 4.78 is 26.1. The molecule has 1 aliphatic heterocycles. The lowest BCUT2D eigenvalue weighted by atomic mass is 10.1. The Labute approximate surface area is 104 Å². The molecule has 98 valence electrons. The summed E-state index contributed by atoms with van der Waals surface area (Å²) in [4.78, 5) is 13.6. The topological polar surface area (TPSA) is 44.4 Å². The van der Waals surface area contributed by atoms with Gasteiger partial charge in [-0.1, -0.05) is 0 Å². The first-order valence-corrected chi connectivity index (χ1v) is 5.85. The van der Waals surface area contributed by atoms with Crippen LogP contribution >= 0.6 is 0 Å². The summed E-state index contributed by atoms with van der Waals surface area (Å²) in [5.74, 6) is -1.44. The van der Waals surface area contributed by atoms with E-state index in [9.17, 15) is 13.6 Å². The van der Waals surface area contributed by atoms with Crippen molar-refractivity contribution in [2.75, 3.05) is 25.0 Å². The molecule has 2 N–H and O–H groups in total. The number of amides is 2. The lowest BCUT2D eigenvalue weighted by Crippen LogP contribution is -2.59. The highest BCUT2D eigenvalue weighted by molar-refractivity contribution is 5.89. The van der Waals surface area contributed by atoms with Crippen LogP contribution in [-0.2, 0) is 0 Å². The van der Waals surface area contributed by atoms with Crippen molar-refractivity contribution in [3.63, 3.8) is 0 Å². The minimum Gasteiger partial charge on any atom is -0.319 e. The third kappa shape index (κ3) is 2.59. The number of likely N-dealkylation sites (N-methyl/N-ethyl adjacent to an activating group) is 1. The van der Waals surface area contributed by atoms with Gasteiger partial charge in [-0.15, -0.1) is 0 Å². The minimum absolute atomic E-state index is 0.00728. The first kappa shape index (κ1) is 12.8. The van der Waals surface area contributed by atoms with E-state index in [-0.39, 0.29) is 17.8 Å². The fourth-order valence-corrected chi connectivity index (χ4v) is 1.84. The van der Waals surface area contributed by atoms with Crippen molar-refractivity contribution in [3.8, 4) is 0 Å². The van der Waals surface area contributed by atoms with Crippen molar-refractivity contribution in [1.82, 2.24) is 10.2 Å². The monoisotopic (exact) mass is 255 g/mol. The van der Waals surface area contributed by atoms with Gasteiger partial charge in [0.05, 0.1) is 11.7 Å². The van der Waals surface area contributed by atoms with Gasteiger partial charge in [-0.2, -0.15) is 0 Å². The predicted octanol–water partition coefficient (Wildman–Crippen LogP) is 1.79. The van der Waals surface area contributed by atoms with Crippen molar-refractivity contribution in [2.45, 2.75) is 13.0 Å². The van der Waals surface area contributed by atoms with Gasteiger partial charge < -0.3 is 15.5 Å². The quantitative estimate of drug-likeness (QED) is 0.865. The molecule has 0 radical (unpaired) electrons. The first-order chi connectivity index (χ1) is 8.61. The Kier molecular flexibility index (Phi) is 3.76. The van der Waals surface area contributed by atoms with Crippen molar-refractivity contribution >= 4 is 11.7 Å². The van der Waals surface area contributed by atoms with Crippen LogP contribution in [-0.4, -0.2) is 36.6 Å². The number of nitrogens with one attached hydrogen (secondary N) is 2. The highest BCUT2D eigenvalue weighted by Gasteiger charge is 2.27. The minimum atomic E-state index is -0.772. The second-order valence-corrected chi connectivity index (χ2v) is 4.15. The molecule has 1 aliphatic rings. The summed E-state index contributed by atoms with van der Waals surface area (Å²) in [5.41, 5.74) is -0.00728. The van der Waals surface area contributed by atoms with Crippen molar-refractivity contribution in [2.24, 2.45) is 0 Å². The number of carbonyl (C=O) groups excluding carboxylic acids is 1. The van der Waals surface area contributed by atoms with E-state index in [1.165, 1.54) is 6.07 Å². The standard InChI is InChI=1S/C12H15F2N3O/c1-2-17(9-6-15-7-9)12(18)16-11-4-3-8(13)5-10(11)14/h3-5,9,15H,2,6-7H2,1H3,(H,16,18). The summed E-state index contributed by atoms with van der Waals surface area (Å²) in [6.07, 6.45) is 0. The molecule has 4 nitrogen and oxygen atoms in total. The van der Waals surface area contributed by atoms with Crippen LogP contribution in [0.3, 0.4) is 0 Å². The second-order valence-electron chi connectivity index (χ2n) is 4.15. The van der Waals surface area contributed by atoms with Gasteiger partial charge in [-0.05, 0) is 19.1 Å². The second kappa shape index (κ2) is 5.30. The number of hydrogen-bond donors (Lipinski definition) is 2. The summed E-state index contributed by atoms with van der Waals surface area (Å²) >= 11 is 0. The van der Waals surface area contributed by atoms with Gasteiger partial charge in [-0.25, -0.2) is 13.6 Å². The molecule has 2 amide bonds. The SMILES string of the molecule is CCN(C(=O)Nc1ccc(F)cc1F)C1CNC1. The van der Waals surface area contributed by atoms with Gasteiger partial charge in [-0.3, -0.25) is 0 Å². The summed E-state index contributed by atoms with van der Waals surface area (Å²) in [6.45, 7) is 3.89. The zero-order chi connectivity index (χ0) is 13.1. The lowest BCUT2D eigenvalue weighted by Gasteiger charge is -2.37. The van der Waals surface area contributed by atoms with Crippen LogP contribution < -0.4 is 10.6 Å². The average Bonchev–Trinajstić information content (AvgIpc) is 2.26. The smallest absolute Gasteiger partial charge is 0.319 e. The fraction of sp³-hybridized carbons (Fsp3) is 0.417. The molecule has 0 unspecified atom stereocenters. The molecular formula is C12H15F2N3O. The highest BCUT2D eigenvalue weighted by Crippen LogP contribution is 2.16. The maximum absolute atomic E-state index is 13.4. The van der Waals surface area contributed by atoms with Crippen molar-refractivity contribution in [3.05, 3.63) is 29.8 Å². The number of benzene rings is 1. The number of anilines is 1. The fourth-order valence-electron chi connectivity index (χ4n) is 1.84. The van der Waals surface area contributed by atoms with Crippen LogP contribution in [0.2, 0.25) is 0 Å². The summed E-state index contributed by atoms with van der Waals surface area (Å²) in [5, 5.41) is 5.52. The molecule has 0 aromatic heterocycles. The Bertz CT molecular complexity index is 449. The molecule has 6 heteroatoms. The molecule has 0 aliphatic carbocycles. The van der Waals surface area contributed by atoms with Crippen molar-refractivity contribution < 1.29 is 13.6 Å². The van der Waals surface area contributed by atoms with Crippen LogP contribution in [0.25, 0.3) is 0 Å². The van der Waals surface area contributed by atoms with Crippen LogP contribution in [0.5, 0.6) is 0 Å². The lowest BCUT2D eigenvalue weighted by molar-refractivity contribution is 0.165.